The van der Waals surface area contributed by atoms with Gasteiger partial charge in [0.15, 0.2) is 0 Å². The van der Waals surface area contributed by atoms with Crippen molar-refractivity contribution in [2.75, 3.05) is 0 Å². The summed E-state index contributed by atoms with van der Waals surface area (Å²) in [6.45, 7) is 22.6. The molecule has 3 heteroatoms. The molecule has 2 aliphatic rings. The first-order valence-electron chi connectivity index (χ1n) is 19.2. The molecule has 0 unspecified atom stereocenters. The van der Waals surface area contributed by atoms with Crippen molar-refractivity contribution in [3.05, 3.63) is 167 Å². The zero-order valence-corrected chi connectivity index (χ0v) is 36.2. The van der Waals surface area contributed by atoms with E-state index in [9.17, 15) is 0 Å². The van der Waals surface area contributed by atoms with Crippen molar-refractivity contribution < 1.29 is 20.1 Å². The van der Waals surface area contributed by atoms with Crippen LogP contribution in [0.4, 0.5) is 0 Å². The summed E-state index contributed by atoms with van der Waals surface area (Å²) in [6, 6.07) is 46.5. The van der Waals surface area contributed by atoms with Gasteiger partial charge >= 0.3 is 0 Å². The number of hydrogen-bond donors (Lipinski definition) is 0. The Morgan fingerprint density at radius 3 is 1.80 bits per heavy atom. The standard InChI is InChI=1S/C33H26N.C19H24N.Ir/c1-32(2)27-12-8-7-11-23(27)25-18-22(13-14-28(25)32)31-30-24(15-16-34-31)26-17-20-9-5-6-10-21(20)19-29(26)33(30,3)4;1-18(2,3)15-9-7-14(8-10-15)17-12-11-16(13-20-17)19(4,5)6;/h5-12,14-19H,1-4H3;7,9-13H,1-6H3;/q2*-1;. The molecule has 9 rings (SSSR count). The predicted molar refractivity (Wildman–Crippen MR) is 227 cm³/mol. The Labute approximate surface area is 341 Å². The van der Waals surface area contributed by atoms with E-state index >= 15 is 0 Å². The Morgan fingerprint density at radius 2 is 1.15 bits per heavy atom. The van der Waals surface area contributed by atoms with Crippen LogP contribution in [-0.4, -0.2) is 9.97 Å². The number of hydrogen-bond acceptors (Lipinski definition) is 2. The third kappa shape index (κ3) is 6.70. The molecule has 2 aromatic heterocycles. The normalized spacial score (nSPS) is 14.5. The van der Waals surface area contributed by atoms with E-state index in [-0.39, 0.29) is 41.8 Å². The minimum atomic E-state index is -0.137. The van der Waals surface area contributed by atoms with E-state index in [0.717, 1.165) is 22.5 Å². The predicted octanol–water partition coefficient (Wildman–Crippen LogP) is 13.5. The van der Waals surface area contributed by atoms with E-state index in [0.29, 0.717) is 0 Å². The molecule has 2 aliphatic carbocycles. The van der Waals surface area contributed by atoms with Gasteiger partial charge < -0.3 is 9.97 Å². The van der Waals surface area contributed by atoms with Crippen LogP contribution in [-0.2, 0) is 41.8 Å². The maximum atomic E-state index is 4.96. The molecule has 0 atom stereocenters. The third-order valence-corrected chi connectivity index (χ3v) is 11.8. The monoisotopic (exact) mass is 895 g/mol. The quantitative estimate of drug-likeness (QED) is 0.162. The summed E-state index contributed by atoms with van der Waals surface area (Å²) in [5, 5.41) is 2.57. The molecule has 5 aromatic carbocycles. The number of fused-ring (bicyclic) bond motifs is 7. The van der Waals surface area contributed by atoms with Crippen molar-refractivity contribution in [3.8, 4) is 44.8 Å². The van der Waals surface area contributed by atoms with Gasteiger partial charge in [0.1, 0.15) is 0 Å². The Morgan fingerprint density at radius 1 is 0.509 bits per heavy atom. The summed E-state index contributed by atoms with van der Waals surface area (Å²) in [5.74, 6) is 0. The van der Waals surface area contributed by atoms with Gasteiger partial charge in [-0.15, -0.1) is 64.7 Å². The maximum absolute atomic E-state index is 4.96. The molecule has 0 saturated heterocycles. The van der Waals surface area contributed by atoms with Crippen LogP contribution in [0.2, 0.25) is 0 Å². The molecular formula is C52H50IrN2-2. The number of rotatable bonds is 2. The van der Waals surface area contributed by atoms with Crippen molar-refractivity contribution in [1.29, 1.82) is 0 Å². The number of pyridine rings is 2. The van der Waals surface area contributed by atoms with Gasteiger partial charge in [0.05, 0.1) is 0 Å². The number of benzene rings is 5. The largest absolute Gasteiger partial charge is 0.304 e. The second kappa shape index (κ2) is 13.8. The van der Waals surface area contributed by atoms with Gasteiger partial charge in [0.25, 0.3) is 0 Å². The smallest absolute Gasteiger partial charge is 0.0198 e. The minimum absolute atomic E-state index is 0. The second-order valence-corrected chi connectivity index (χ2v) is 18.2. The second-order valence-electron chi connectivity index (χ2n) is 18.2. The van der Waals surface area contributed by atoms with E-state index < -0.39 is 0 Å². The summed E-state index contributed by atoms with van der Waals surface area (Å²) in [4.78, 5) is 9.53. The van der Waals surface area contributed by atoms with Gasteiger partial charge in [0.2, 0.25) is 0 Å². The first-order valence-corrected chi connectivity index (χ1v) is 19.2. The fourth-order valence-corrected chi connectivity index (χ4v) is 8.46. The molecule has 0 spiro atoms. The molecule has 0 aliphatic heterocycles. The molecule has 0 fully saturated rings. The van der Waals surface area contributed by atoms with Crippen molar-refractivity contribution in [3.63, 3.8) is 0 Å². The summed E-state index contributed by atoms with van der Waals surface area (Å²) in [6.07, 6.45) is 3.94. The topological polar surface area (TPSA) is 25.8 Å². The molecule has 0 amide bonds. The van der Waals surface area contributed by atoms with E-state index in [2.05, 4.69) is 196 Å². The number of nitrogens with zero attached hydrogens (tertiary/aromatic N) is 2. The van der Waals surface area contributed by atoms with Crippen LogP contribution in [0, 0.1) is 12.1 Å². The van der Waals surface area contributed by atoms with Crippen LogP contribution in [0.15, 0.2) is 122 Å². The minimum Gasteiger partial charge on any atom is -0.304 e. The molecule has 0 N–H and O–H groups in total. The Kier molecular flexibility index (Phi) is 9.68. The van der Waals surface area contributed by atoms with Crippen molar-refractivity contribution in [2.45, 2.75) is 90.9 Å². The summed E-state index contributed by atoms with van der Waals surface area (Å²) in [7, 11) is 0. The zero-order chi connectivity index (χ0) is 38.2. The van der Waals surface area contributed by atoms with Gasteiger partial charge in [-0.1, -0.05) is 135 Å². The zero-order valence-electron chi connectivity index (χ0n) is 33.8. The number of aromatic nitrogens is 2. The summed E-state index contributed by atoms with van der Waals surface area (Å²) >= 11 is 0. The maximum Gasteiger partial charge on any atom is 0.0198 e. The molecule has 279 valence electrons. The molecule has 2 heterocycles. The van der Waals surface area contributed by atoms with Crippen molar-refractivity contribution in [2.24, 2.45) is 0 Å². The van der Waals surface area contributed by atoms with Gasteiger partial charge in [-0.05, 0) is 95.5 Å². The Hall–Kier alpha value is -4.69. The molecule has 1 radical (unpaired) electrons. The van der Waals surface area contributed by atoms with Gasteiger partial charge in [-0.25, -0.2) is 0 Å². The average Bonchev–Trinajstić information content (AvgIpc) is 3.52. The Bertz CT molecular complexity index is 2490. The SMILES string of the molecule is CC(C)(C)c1c[c-]c(-c2ccc(C(C)(C)C)cn2)cc1.CC1(C)c2c[c-]c(-c3nccc4c3C(C)(C)c3cc5ccccc5cc3-4)cc2-c2ccccc21.[Ir]. The van der Waals surface area contributed by atoms with E-state index in [1.807, 2.05) is 12.4 Å². The molecule has 7 aromatic rings. The molecular weight excluding hydrogens is 845 g/mol. The van der Waals surface area contributed by atoms with Crippen LogP contribution in [0.1, 0.15) is 103 Å². The third-order valence-electron chi connectivity index (χ3n) is 11.8. The fourth-order valence-electron chi connectivity index (χ4n) is 8.46. The molecule has 0 bridgehead atoms. The van der Waals surface area contributed by atoms with Crippen LogP contribution >= 0.6 is 0 Å². The molecule has 0 saturated carbocycles. The van der Waals surface area contributed by atoms with Gasteiger partial charge in [-0.3, -0.25) is 0 Å². The van der Waals surface area contributed by atoms with E-state index in [1.165, 1.54) is 66.4 Å². The van der Waals surface area contributed by atoms with Crippen LogP contribution < -0.4 is 0 Å². The van der Waals surface area contributed by atoms with Crippen LogP contribution in [0.25, 0.3) is 55.5 Å². The first-order chi connectivity index (χ1) is 25.5. The van der Waals surface area contributed by atoms with Crippen molar-refractivity contribution in [1.82, 2.24) is 9.97 Å². The van der Waals surface area contributed by atoms with E-state index in [1.54, 1.807) is 0 Å². The van der Waals surface area contributed by atoms with Crippen LogP contribution in [0.5, 0.6) is 0 Å². The Balaban J connectivity index is 0.000000191. The van der Waals surface area contributed by atoms with Gasteiger partial charge in [-0.2, -0.15) is 0 Å². The summed E-state index contributed by atoms with van der Waals surface area (Å²) < 4.78 is 0. The molecule has 2 nitrogen and oxygen atoms in total. The van der Waals surface area contributed by atoms with Crippen molar-refractivity contribution >= 4 is 10.8 Å². The fraction of sp³-hybridized carbons (Fsp3) is 0.269. The first kappa shape index (κ1) is 38.6. The van der Waals surface area contributed by atoms with Crippen LogP contribution in [0.3, 0.4) is 0 Å². The molecule has 55 heavy (non-hydrogen) atoms. The average molecular weight is 895 g/mol. The van der Waals surface area contributed by atoms with Gasteiger partial charge in [0, 0.05) is 37.9 Å². The summed E-state index contributed by atoms with van der Waals surface area (Å²) in [5.41, 5.74) is 17.6. The van der Waals surface area contributed by atoms with E-state index in [4.69, 9.17) is 4.98 Å².